The van der Waals surface area contributed by atoms with Gasteiger partial charge in [-0.1, -0.05) is 12.1 Å². The lowest BCUT2D eigenvalue weighted by Gasteiger charge is -2.14. The van der Waals surface area contributed by atoms with Crippen molar-refractivity contribution >= 4 is 0 Å². The highest BCUT2D eigenvalue weighted by atomic mass is 19.1. The fraction of sp³-hybridized carbons (Fsp3) is 0.368. The van der Waals surface area contributed by atoms with E-state index >= 15 is 0 Å². The molecule has 0 saturated heterocycles. The van der Waals surface area contributed by atoms with Gasteiger partial charge in [0.05, 0.1) is 20.3 Å². The van der Waals surface area contributed by atoms with Crippen LogP contribution in [-0.4, -0.2) is 47.8 Å². The lowest BCUT2D eigenvalue weighted by molar-refractivity contribution is 0.132. The highest BCUT2D eigenvalue weighted by Gasteiger charge is 2.10. The number of rotatable bonds is 10. The van der Waals surface area contributed by atoms with Gasteiger partial charge < -0.3 is 23.7 Å². The molecular weight excluding hydrogens is 327 g/mol. The van der Waals surface area contributed by atoms with Crippen LogP contribution in [0.2, 0.25) is 0 Å². The number of hydrogen-bond acceptors (Lipinski definition) is 5. The van der Waals surface area contributed by atoms with Crippen molar-refractivity contribution in [2.45, 2.75) is 0 Å². The van der Waals surface area contributed by atoms with Gasteiger partial charge in [0.2, 0.25) is 0 Å². The average Bonchev–Trinajstić information content (AvgIpc) is 2.63. The maximum Gasteiger partial charge on any atom is 0.165 e. The molecule has 2 aromatic rings. The normalized spacial score (nSPS) is 10.6. The molecule has 136 valence electrons. The molecule has 0 atom stereocenters. The third-order valence-corrected chi connectivity index (χ3v) is 3.52. The molecule has 0 heterocycles. The van der Waals surface area contributed by atoms with Crippen molar-refractivity contribution in [3.05, 3.63) is 42.2 Å². The first kappa shape index (κ1) is 19.0. The van der Waals surface area contributed by atoms with Crippen LogP contribution in [0.5, 0.6) is 17.2 Å². The molecule has 0 aliphatic carbocycles. The lowest BCUT2D eigenvalue weighted by atomic mass is 10.0. The molecule has 0 unspecified atom stereocenters. The number of benzene rings is 2. The van der Waals surface area contributed by atoms with Crippen LogP contribution < -0.4 is 14.2 Å². The molecule has 2 rings (SSSR count). The minimum absolute atomic E-state index is 0.208. The van der Waals surface area contributed by atoms with Crippen LogP contribution in [0.1, 0.15) is 0 Å². The van der Waals surface area contributed by atoms with Crippen molar-refractivity contribution in [2.75, 3.05) is 47.8 Å². The Balaban J connectivity index is 2.26. The van der Waals surface area contributed by atoms with Gasteiger partial charge in [-0.05, 0) is 35.4 Å². The van der Waals surface area contributed by atoms with Crippen LogP contribution in [0.3, 0.4) is 0 Å². The van der Waals surface area contributed by atoms with Crippen molar-refractivity contribution in [2.24, 2.45) is 0 Å². The molecule has 25 heavy (non-hydrogen) atoms. The summed E-state index contributed by atoms with van der Waals surface area (Å²) in [5, 5.41) is 0. The summed E-state index contributed by atoms with van der Waals surface area (Å²) < 4.78 is 40.3. The van der Waals surface area contributed by atoms with Crippen molar-refractivity contribution in [3.8, 4) is 28.4 Å². The van der Waals surface area contributed by atoms with Crippen molar-refractivity contribution in [1.29, 1.82) is 0 Å². The third kappa shape index (κ3) is 5.34. The van der Waals surface area contributed by atoms with Crippen molar-refractivity contribution in [1.82, 2.24) is 0 Å². The Morgan fingerprint density at radius 3 is 1.80 bits per heavy atom. The summed E-state index contributed by atoms with van der Waals surface area (Å²) in [6, 6.07) is 10.3. The molecule has 0 bridgehead atoms. The maximum absolute atomic E-state index is 14.0. The molecule has 5 nitrogen and oxygen atoms in total. The zero-order valence-corrected chi connectivity index (χ0v) is 14.7. The van der Waals surface area contributed by atoms with Gasteiger partial charge >= 0.3 is 0 Å². The first-order valence-corrected chi connectivity index (χ1v) is 7.91. The van der Waals surface area contributed by atoms with Gasteiger partial charge in [-0.15, -0.1) is 0 Å². The van der Waals surface area contributed by atoms with Crippen LogP contribution in [0.15, 0.2) is 36.4 Å². The Morgan fingerprint density at radius 1 is 0.680 bits per heavy atom. The molecule has 0 fully saturated rings. The molecule has 0 radical (unpaired) electrons. The summed E-state index contributed by atoms with van der Waals surface area (Å²) in [5.74, 6) is 0.967. The second-order valence-electron chi connectivity index (χ2n) is 5.19. The summed E-state index contributed by atoms with van der Waals surface area (Å²) in [4.78, 5) is 0. The zero-order valence-electron chi connectivity index (χ0n) is 14.7. The minimum atomic E-state index is -0.415. The van der Waals surface area contributed by atoms with E-state index < -0.39 is 5.82 Å². The number of hydrogen-bond donors (Lipinski definition) is 0. The number of halogens is 1. The zero-order chi connectivity index (χ0) is 18.1. The molecule has 0 spiro atoms. The largest absolute Gasteiger partial charge is 0.494 e. The van der Waals surface area contributed by atoms with Gasteiger partial charge in [0.1, 0.15) is 13.2 Å². The van der Waals surface area contributed by atoms with Crippen LogP contribution in [0.25, 0.3) is 11.1 Å². The first-order valence-electron chi connectivity index (χ1n) is 7.91. The Kier molecular flexibility index (Phi) is 7.50. The lowest BCUT2D eigenvalue weighted by Crippen LogP contribution is -2.08. The first-order chi connectivity index (χ1) is 12.2. The van der Waals surface area contributed by atoms with E-state index in [0.29, 0.717) is 37.9 Å². The van der Waals surface area contributed by atoms with Gasteiger partial charge in [-0.25, -0.2) is 4.39 Å². The summed E-state index contributed by atoms with van der Waals surface area (Å²) in [6.07, 6.45) is 0. The quantitative estimate of drug-likeness (QED) is 0.613. The highest BCUT2D eigenvalue weighted by Crippen LogP contribution is 2.34. The molecule has 0 saturated carbocycles. The van der Waals surface area contributed by atoms with E-state index in [0.717, 1.165) is 11.1 Å². The van der Waals surface area contributed by atoms with Crippen LogP contribution >= 0.6 is 0 Å². The Bertz CT molecular complexity index is 675. The fourth-order valence-electron chi connectivity index (χ4n) is 2.24. The Hall–Kier alpha value is -2.31. The fourth-order valence-corrected chi connectivity index (χ4v) is 2.24. The molecule has 0 aliphatic rings. The SMILES string of the molecule is COCCOc1ccc(-c2ccc(OC)c(F)c2)cc1OCCOC. The highest BCUT2D eigenvalue weighted by molar-refractivity contribution is 5.68. The number of ether oxygens (including phenoxy) is 5. The van der Waals surface area contributed by atoms with E-state index in [1.807, 2.05) is 12.1 Å². The van der Waals surface area contributed by atoms with Gasteiger partial charge in [-0.2, -0.15) is 0 Å². The van der Waals surface area contributed by atoms with E-state index in [4.69, 9.17) is 23.7 Å². The predicted molar refractivity (Wildman–Crippen MR) is 93.1 cm³/mol. The second-order valence-corrected chi connectivity index (χ2v) is 5.19. The topological polar surface area (TPSA) is 46.2 Å². The minimum Gasteiger partial charge on any atom is -0.494 e. The molecule has 0 aliphatic heterocycles. The van der Waals surface area contributed by atoms with Gasteiger partial charge in [0.15, 0.2) is 23.1 Å². The third-order valence-electron chi connectivity index (χ3n) is 3.52. The van der Waals surface area contributed by atoms with E-state index in [2.05, 4.69) is 0 Å². The van der Waals surface area contributed by atoms with Crippen LogP contribution in [0.4, 0.5) is 4.39 Å². The van der Waals surface area contributed by atoms with Crippen molar-refractivity contribution in [3.63, 3.8) is 0 Å². The molecule has 6 heteroatoms. The molecule has 0 N–H and O–H groups in total. The van der Waals surface area contributed by atoms with E-state index in [1.54, 1.807) is 32.4 Å². The van der Waals surface area contributed by atoms with Crippen LogP contribution in [-0.2, 0) is 9.47 Å². The van der Waals surface area contributed by atoms with E-state index in [9.17, 15) is 4.39 Å². The Labute approximate surface area is 147 Å². The van der Waals surface area contributed by atoms with E-state index in [-0.39, 0.29) is 5.75 Å². The summed E-state index contributed by atoms with van der Waals surface area (Å²) >= 11 is 0. The average molecular weight is 350 g/mol. The van der Waals surface area contributed by atoms with Gasteiger partial charge in [-0.3, -0.25) is 0 Å². The summed E-state index contributed by atoms with van der Waals surface area (Å²) in [7, 11) is 4.66. The second kappa shape index (κ2) is 9.86. The molecule has 0 aromatic heterocycles. The van der Waals surface area contributed by atoms with Crippen molar-refractivity contribution < 1.29 is 28.1 Å². The van der Waals surface area contributed by atoms with Crippen LogP contribution in [0, 0.1) is 5.82 Å². The maximum atomic E-state index is 14.0. The number of methoxy groups -OCH3 is 3. The summed E-state index contributed by atoms with van der Waals surface area (Å²) in [6.45, 7) is 1.73. The molecular formula is C19H23FO5. The van der Waals surface area contributed by atoms with Gasteiger partial charge in [0.25, 0.3) is 0 Å². The standard InChI is InChI=1S/C19H23FO5/c1-21-8-10-24-18-7-5-15(13-19(18)25-11-9-22-2)14-4-6-17(23-3)16(20)12-14/h4-7,12-13H,8-11H2,1-3H3. The smallest absolute Gasteiger partial charge is 0.165 e. The van der Waals surface area contributed by atoms with E-state index in [1.165, 1.54) is 13.2 Å². The Morgan fingerprint density at radius 2 is 1.24 bits per heavy atom. The predicted octanol–water partition coefficient (Wildman–Crippen LogP) is 3.55. The summed E-state index contributed by atoms with van der Waals surface area (Å²) in [5.41, 5.74) is 1.53. The molecule has 2 aromatic carbocycles. The molecule has 0 amide bonds. The monoisotopic (exact) mass is 350 g/mol. The van der Waals surface area contributed by atoms with Gasteiger partial charge in [0, 0.05) is 14.2 Å².